The van der Waals surface area contributed by atoms with Crippen LogP contribution in [0.3, 0.4) is 0 Å². The number of rotatable bonds is 1. The summed E-state index contributed by atoms with van der Waals surface area (Å²) in [5.74, 6) is -3.45. The van der Waals surface area contributed by atoms with Crippen LogP contribution in [-0.4, -0.2) is 24.5 Å². The van der Waals surface area contributed by atoms with Crippen molar-refractivity contribution in [2.24, 2.45) is 11.5 Å². The van der Waals surface area contributed by atoms with Crippen LogP contribution in [0.25, 0.3) is 0 Å². The van der Waals surface area contributed by atoms with Crippen molar-refractivity contribution >= 4 is 17.9 Å². The summed E-state index contributed by atoms with van der Waals surface area (Å²) in [6.45, 7) is 1.58. The summed E-state index contributed by atoms with van der Waals surface area (Å²) in [5, 5.41) is 15.6. The monoisotopic (exact) mass is 176 g/mol. The SMILES string of the molecule is CCOC(=O)C(=O)[O-].N=C(N)N. The first-order chi connectivity index (χ1) is 5.41. The quantitative estimate of drug-likeness (QED) is 0.170. The molecule has 0 heterocycles. The number of ether oxygens (including phenoxy) is 1. The van der Waals surface area contributed by atoms with Crippen LogP contribution in [0.4, 0.5) is 0 Å². The molecule has 0 aromatic carbocycles. The van der Waals surface area contributed by atoms with E-state index in [1.54, 1.807) is 0 Å². The number of hydrogen-bond acceptors (Lipinski definition) is 5. The van der Waals surface area contributed by atoms with Gasteiger partial charge in [0.05, 0.1) is 6.61 Å². The summed E-state index contributed by atoms with van der Waals surface area (Å²) < 4.78 is 4.00. The number of aliphatic carboxylic acids is 1. The molecule has 70 valence electrons. The molecule has 7 heteroatoms. The molecule has 0 atom stereocenters. The van der Waals surface area contributed by atoms with E-state index in [2.05, 4.69) is 16.2 Å². The van der Waals surface area contributed by atoms with Crippen LogP contribution in [-0.2, 0) is 14.3 Å². The normalized spacial score (nSPS) is 7.42. The average molecular weight is 176 g/mol. The molecule has 0 aliphatic carbocycles. The lowest BCUT2D eigenvalue weighted by molar-refractivity contribution is -0.303. The third kappa shape index (κ3) is 15.7. The van der Waals surface area contributed by atoms with Gasteiger partial charge in [-0.2, -0.15) is 0 Å². The Bertz CT molecular complexity index is 176. The molecule has 0 aliphatic rings. The fraction of sp³-hybridized carbons (Fsp3) is 0.400. The van der Waals surface area contributed by atoms with Gasteiger partial charge in [0.1, 0.15) is 0 Å². The number of carboxylic acids is 1. The van der Waals surface area contributed by atoms with Crippen molar-refractivity contribution in [3.63, 3.8) is 0 Å². The zero-order chi connectivity index (χ0) is 10.1. The molecule has 12 heavy (non-hydrogen) atoms. The lowest BCUT2D eigenvalue weighted by Gasteiger charge is -1.98. The van der Waals surface area contributed by atoms with E-state index < -0.39 is 11.9 Å². The molecule has 0 radical (unpaired) electrons. The van der Waals surface area contributed by atoms with E-state index in [1.807, 2.05) is 0 Å². The average Bonchev–Trinajstić information content (AvgIpc) is 1.86. The number of nitrogens with two attached hydrogens (primary N) is 2. The predicted octanol–water partition coefficient (Wildman–Crippen LogP) is -2.86. The van der Waals surface area contributed by atoms with Gasteiger partial charge in [0.2, 0.25) is 0 Å². The highest BCUT2D eigenvalue weighted by molar-refractivity contribution is 6.27. The maximum absolute atomic E-state index is 9.86. The minimum absolute atomic E-state index is 0.0623. The first-order valence-corrected chi connectivity index (χ1v) is 2.89. The third-order valence-corrected chi connectivity index (χ3v) is 0.442. The second-order valence-electron chi connectivity index (χ2n) is 1.46. The predicted molar refractivity (Wildman–Crippen MR) is 37.7 cm³/mol. The van der Waals surface area contributed by atoms with Crippen LogP contribution in [0, 0.1) is 5.41 Å². The highest BCUT2D eigenvalue weighted by Gasteiger charge is 1.98. The van der Waals surface area contributed by atoms with Crippen molar-refractivity contribution in [2.75, 3.05) is 6.61 Å². The number of hydrogen-bond donors (Lipinski definition) is 3. The highest BCUT2D eigenvalue weighted by atomic mass is 16.6. The lowest BCUT2D eigenvalue weighted by atomic mass is 10.7. The molecule has 0 aromatic heterocycles. The van der Waals surface area contributed by atoms with Crippen molar-refractivity contribution in [1.29, 1.82) is 5.41 Å². The Morgan fingerprint density at radius 2 is 1.83 bits per heavy atom. The summed E-state index contributed by atoms with van der Waals surface area (Å²) in [6.07, 6.45) is 0. The number of esters is 1. The van der Waals surface area contributed by atoms with Gasteiger partial charge in [-0.05, 0) is 6.92 Å². The van der Waals surface area contributed by atoms with Crippen LogP contribution >= 0.6 is 0 Å². The highest BCUT2D eigenvalue weighted by Crippen LogP contribution is 1.72. The Hall–Kier alpha value is -1.79. The first-order valence-electron chi connectivity index (χ1n) is 2.89. The van der Waals surface area contributed by atoms with E-state index in [9.17, 15) is 14.7 Å². The smallest absolute Gasteiger partial charge is 0.354 e. The van der Waals surface area contributed by atoms with Gasteiger partial charge >= 0.3 is 5.97 Å². The third-order valence-electron chi connectivity index (χ3n) is 0.442. The van der Waals surface area contributed by atoms with Crippen LogP contribution in [0.5, 0.6) is 0 Å². The Morgan fingerprint density at radius 3 is 1.92 bits per heavy atom. The standard InChI is InChI=1S/C4H6O4.CH5N3/c1-2-8-4(7)3(5)6;2-1(3)4/h2H2,1H3,(H,5,6);(H5,2,3,4)/p-1. The van der Waals surface area contributed by atoms with Gasteiger partial charge in [0, 0.05) is 0 Å². The van der Waals surface area contributed by atoms with Crippen LogP contribution in [0.1, 0.15) is 6.92 Å². The minimum Gasteiger partial charge on any atom is -0.539 e. The second-order valence-corrected chi connectivity index (χ2v) is 1.46. The molecule has 0 saturated carbocycles. The Morgan fingerprint density at radius 1 is 1.50 bits per heavy atom. The molecule has 0 unspecified atom stereocenters. The zero-order valence-electron chi connectivity index (χ0n) is 6.49. The van der Waals surface area contributed by atoms with E-state index >= 15 is 0 Å². The van der Waals surface area contributed by atoms with Crippen LogP contribution in [0.15, 0.2) is 0 Å². The van der Waals surface area contributed by atoms with E-state index in [0.29, 0.717) is 0 Å². The van der Waals surface area contributed by atoms with Crippen molar-refractivity contribution in [2.45, 2.75) is 6.92 Å². The summed E-state index contributed by atoms with van der Waals surface area (Å²) >= 11 is 0. The van der Waals surface area contributed by atoms with Crippen molar-refractivity contribution < 1.29 is 19.4 Å². The summed E-state index contributed by atoms with van der Waals surface area (Å²) in [6, 6.07) is 0. The second kappa shape index (κ2) is 7.32. The summed E-state index contributed by atoms with van der Waals surface area (Å²) in [5.41, 5.74) is 8.94. The largest absolute Gasteiger partial charge is 0.539 e. The maximum atomic E-state index is 9.86. The Balaban J connectivity index is 0. The van der Waals surface area contributed by atoms with Crippen LogP contribution in [0.2, 0.25) is 0 Å². The molecule has 0 aromatic rings. The molecule has 7 nitrogen and oxygen atoms in total. The molecule has 0 fully saturated rings. The molecule has 0 spiro atoms. The van der Waals surface area contributed by atoms with E-state index in [0.717, 1.165) is 0 Å². The number of carbonyl (C=O) groups excluding carboxylic acids is 2. The molecular formula is C5H10N3O4-. The van der Waals surface area contributed by atoms with Crippen LogP contribution < -0.4 is 16.6 Å². The maximum Gasteiger partial charge on any atom is 0.354 e. The fourth-order valence-corrected chi connectivity index (χ4v) is 0.190. The first kappa shape index (κ1) is 12.8. The number of carbonyl (C=O) groups is 2. The van der Waals surface area contributed by atoms with Gasteiger partial charge in [0.25, 0.3) is 0 Å². The summed E-state index contributed by atoms with van der Waals surface area (Å²) in [4.78, 5) is 19.4. The zero-order valence-corrected chi connectivity index (χ0v) is 6.49. The van der Waals surface area contributed by atoms with Crippen molar-refractivity contribution in [1.82, 2.24) is 0 Å². The van der Waals surface area contributed by atoms with Gasteiger partial charge in [-0.3, -0.25) is 5.41 Å². The van der Waals surface area contributed by atoms with Gasteiger partial charge in [0.15, 0.2) is 11.9 Å². The molecule has 0 rings (SSSR count). The molecule has 0 saturated heterocycles. The van der Waals surface area contributed by atoms with E-state index in [-0.39, 0.29) is 12.6 Å². The molecule has 0 amide bonds. The number of nitrogens with one attached hydrogen (secondary N) is 1. The molecule has 0 bridgehead atoms. The lowest BCUT2D eigenvalue weighted by Crippen LogP contribution is -2.33. The van der Waals surface area contributed by atoms with E-state index in [1.165, 1.54) is 6.92 Å². The number of guanidine groups is 1. The van der Waals surface area contributed by atoms with Gasteiger partial charge in [-0.25, -0.2) is 4.79 Å². The van der Waals surface area contributed by atoms with E-state index in [4.69, 9.17) is 5.41 Å². The van der Waals surface area contributed by atoms with Crippen molar-refractivity contribution in [3.8, 4) is 0 Å². The molecule has 5 N–H and O–H groups in total. The molecular weight excluding hydrogens is 166 g/mol. The molecule has 0 aliphatic heterocycles. The van der Waals surface area contributed by atoms with Gasteiger partial charge < -0.3 is 26.1 Å². The van der Waals surface area contributed by atoms with Gasteiger partial charge in [-0.15, -0.1) is 0 Å². The fourth-order valence-electron chi connectivity index (χ4n) is 0.190. The van der Waals surface area contributed by atoms with Gasteiger partial charge in [-0.1, -0.05) is 0 Å². The summed E-state index contributed by atoms with van der Waals surface area (Å²) in [7, 11) is 0. The van der Waals surface area contributed by atoms with Crippen molar-refractivity contribution in [3.05, 3.63) is 0 Å². The number of carboxylic acid groups (broad SMARTS) is 1. The Kier molecular flexibility index (Phi) is 7.84. The minimum atomic E-state index is -1.80. The topological polar surface area (TPSA) is 142 Å². The Labute approximate surface area is 68.8 Å².